The van der Waals surface area contributed by atoms with Gasteiger partial charge in [-0.1, -0.05) is 0 Å². The van der Waals surface area contributed by atoms with Crippen molar-refractivity contribution in [2.45, 2.75) is 33.1 Å². The molecule has 0 N–H and O–H groups in total. The van der Waals surface area contributed by atoms with Crippen LogP contribution in [0.5, 0.6) is 0 Å². The van der Waals surface area contributed by atoms with Gasteiger partial charge in [-0.2, -0.15) is 0 Å². The highest BCUT2D eigenvalue weighted by atomic mass is 16.5. The Bertz CT molecular complexity index is 293. The van der Waals surface area contributed by atoms with Crippen LogP contribution in [0.15, 0.2) is 11.3 Å². The number of hydrogen-bond donors (Lipinski definition) is 0. The van der Waals surface area contributed by atoms with E-state index in [0.29, 0.717) is 25.0 Å². The van der Waals surface area contributed by atoms with E-state index < -0.39 is 0 Å². The van der Waals surface area contributed by atoms with Crippen LogP contribution in [0.3, 0.4) is 0 Å². The summed E-state index contributed by atoms with van der Waals surface area (Å²) >= 11 is 0. The van der Waals surface area contributed by atoms with E-state index in [4.69, 9.17) is 9.47 Å². The van der Waals surface area contributed by atoms with Gasteiger partial charge in [0, 0.05) is 5.92 Å². The number of allylic oxidation sites excluding steroid dienone is 1. The molecule has 0 amide bonds. The van der Waals surface area contributed by atoms with Gasteiger partial charge in [-0.15, -0.1) is 0 Å². The molecule has 3 nitrogen and oxygen atoms in total. The summed E-state index contributed by atoms with van der Waals surface area (Å²) in [5.41, 5.74) is 0.829. The molecule has 2 atom stereocenters. The predicted octanol–water partition coefficient (Wildman–Crippen LogP) is 2.27. The van der Waals surface area contributed by atoms with Gasteiger partial charge < -0.3 is 9.47 Å². The molecule has 2 aliphatic rings. The molecule has 0 heterocycles. The Balaban J connectivity index is 2.20. The number of fused-ring (bicyclic) bond motifs is 2. The largest absolute Gasteiger partial charge is 0.497 e. The summed E-state index contributed by atoms with van der Waals surface area (Å²) in [6, 6.07) is 0. The number of carbonyl (C=O) groups excluding carboxylic acids is 1. The topological polar surface area (TPSA) is 35.5 Å². The molecule has 2 unspecified atom stereocenters. The van der Waals surface area contributed by atoms with Crippen LogP contribution in [0.4, 0.5) is 0 Å². The quantitative estimate of drug-likeness (QED) is 0.668. The maximum absolute atomic E-state index is 11.8. The van der Waals surface area contributed by atoms with Gasteiger partial charge >= 0.3 is 5.97 Å². The average Bonchev–Trinajstić information content (AvgIpc) is 2.78. The maximum Gasteiger partial charge on any atom is 0.337 e. The molecule has 0 aliphatic heterocycles. The first-order valence-electron chi connectivity index (χ1n) is 5.81. The van der Waals surface area contributed by atoms with Gasteiger partial charge in [0.15, 0.2) is 0 Å². The summed E-state index contributed by atoms with van der Waals surface area (Å²) < 4.78 is 10.7. The van der Waals surface area contributed by atoms with Crippen LogP contribution in [-0.4, -0.2) is 19.2 Å². The molecule has 2 rings (SSSR count). The van der Waals surface area contributed by atoms with Crippen molar-refractivity contribution in [1.82, 2.24) is 0 Å². The van der Waals surface area contributed by atoms with Crippen LogP contribution >= 0.6 is 0 Å². The molecule has 2 bridgehead atoms. The van der Waals surface area contributed by atoms with Crippen LogP contribution < -0.4 is 0 Å². The molecule has 0 aromatic rings. The van der Waals surface area contributed by atoms with E-state index in [1.165, 1.54) is 6.42 Å². The summed E-state index contributed by atoms with van der Waals surface area (Å²) in [6.45, 7) is 4.88. The second-order valence-electron chi connectivity index (χ2n) is 4.14. The molecule has 0 aromatic heterocycles. The Morgan fingerprint density at radius 1 is 1.27 bits per heavy atom. The monoisotopic (exact) mass is 210 g/mol. The molecule has 3 heteroatoms. The first-order chi connectivity index (χ1) is 7.27. The molecular weight excluding hydrogens is 192 g/mol. The minimum atomic E-state index is -0.159. The van der Waals surface area contributed by atoms with Crippen molar-refractivity contribution in [2.75, 3.05) is 13.2 Å². The zero-order chi connectivity index (χ0) is 10.8. The van der Waals surface area contributed by atoms with Crippen LogP contribution in [0.1, 0.15) is 33.1 Å². The average molecular weight is 210 g/mol. The van der Waals surface area contributed by atoms with E-state index >= 15 is 0 Å². The highest BCUT2D eigenvalue weighted by molar-refractivity contribution is 5.90. The van der Waals surface area contributed by atoms with Crippen molar-refractivity contribution in [3.63, 3.8) is 0 Å². The SMILES string of the molecule is CCOC(=O)C1=C(OCC)C2CCC1C2. The van der Waals surface area contributed by atoms with Gasteiger partial charge in [0.1, 0.15) is 5.76 Å². The standard InChI is InChI=1S/C12H18O3/c1-3-14-11-9-6-5-8(7-9)10(11)12(13)15-4-2/h8-9H,3-7H2,1-2H3. The Hall–Kier alpha value is -0.990. The molecule has 1 fully saturated rings. The molecule has 0 spiro atoms. The van der Waals surface area contributed by atoms with E-state index in [0.717, 1.165) is 24.2 Å². The molecule has 0 saturated heterocycles. The van der Waals surface area contributed by atoms with E-state index in [9.17, 15) is 4.79 Å². The van der Waals surface area contributed by atoms with Crippen LogP contribution in [-0.2, 0) is 14.3 Å². The molecule has 84 valence electrons. The summed E-state index contributed by atoms with van der Waals surface area (Å²) in [5.74, 6) is 1.64. The zero-order valence-corrected chi connectivity index (χ0v) is 9.41. The number of carbonyl (C=O) groups is 1. The zero-order valence-electron chi connectivity index (χ0n) is 9.41. The van der Waals surface area contributed by atoms with Crippen molar-refractivity contribution in [3.8, 4) is 0 Å². The Morgan fingerprint density at radius 3 is 2.67 bits per heavy atom. The Labute approximate surface area is 90.4 Å². The minimum Gasteiger partial charge on any atom is -0.497 e. The summed E-state index contributed by atoms with van der Waals surface area (Å²) in [4.78, 5) is 11.8. The van der Waals surface area contributed by atoms with Crippen LogP contribution in [0.2, 0.25) is 0 Å². The lowest BCUT2D eigenvalue weighted by Crippen LogP contribution is -2.17. The third kappa shape index (κ3) is 1.75. The molecule has 0 radical (unpaired) electrons. The lowest BCUT2D eigenvalue weighted by molar-refractivity contribution is -0.139. The minimum absolute atomic E-state index is 0.159. The summed E-state index contributed by atoms with van der Waals surface area (Å²) in [5, 5.41) is 0. The summed E-state index contributed by atoms with van der Waals surface area (Å²) in [7, 11) is 0. The molecule has 0 aromatic carbocycles. The smallest absolute Gasteiger partial charge is 0.337 e. The number of esters is 1. The fourth-order valence-corrected chi connectivity index (χ4v) is 2.73. The Morgan fingerprint density at radius 2 is 2.00 bits per heavy atom. The number of ether oxygens (including phenoxy) is 2. The lowest BCUT2D eigenvalue weighted by Gasteiger charge is -2.18. The van der Waals surface area contributed by atoms with E-state index in [-0.39, 0.29) is 5.97 Å². The second kappa shape index (κ2) is 4.25. The number of hydrogen-bond acceptors (Lipinski definition) is 3. The van der Waals surface area contributed by atoms with Crippen LogP contribution in [0, 0.1) is 11.8 Å². The fraction of sp³-hybridized carbons (Fsp3) is 0.750. The lowest BCUT2D eigenvalue weighted by atomic mass is 9.97. The molecular formula is C12H18O3. The maximum atomic E-state index is 11.8. The first kappa shape index (κ1) is 10.5. The third-order valence-corrected chi connectivity index (χ3v) is 3.27. The summed E-state index contributed by atoms with van der Waals surface area (Å²) in [6.07, 6.45) is 3.38. The first-order valence-corrected chi connectivity index (χ1v) is 5.81. The molecule has 2 aliphatic carbocycles. The van der Waals surface area contributed by atoms with Crippen molar-refractivity contribution in [2.24, 2.45) is 11.8 Å². The van der Waals surface area contributed by atoms with Gasteiger partial charge in [-0.25, -0.2) is 4.79 Å². The fourth-order valence-electron chi connectivity index (χ4n) is 2.73. The third-order valence-electron chi connectivity index (χ3n) is 3.27. The van der Waals surface area contributed by atoms with E-state index in [1.54, 1.807) is 0 Å². The van der Waals surface area contributed by atoms with Gasteiger partial charge in [0.05, 0.1) is 18.8 Å². The van der Waals surface area contributed by atoms with Crippen molar-refractivity contribution >= 4 is 5.97 Å². The van der Waals surface area contributed by atoms with E-state index in [1.807, 2.05) is 13.8 Å². The van der Waals surface area contributed by atoms with Gasteiger partial charge in [0.2, 0.25) is 0 Å². The van der Waals surface area contributed by atoms with Crippen LogP contribution in [0.25, 0.3) is 0 Å². The van der Waals surface area contributed by atoms with Gasteiger partial charge in [-0.3, -0.25) is 0 Å². The van der Waals surface area contributed by atoms with E-state index in [2.05, 4.69) is 0 Å². The number of rotatable bonds is 4. The highest BCUT2D eigenvalue weighted by Crippen LogP contribution is 2.49. The molecule has 1 saturated carbocycles. The second-order valence-corrected chi connectivity index (χ2v) is 4.14. The normalized spacial score (nSPS) is 28.4. The van der Waals surface area contributed by atoms with Crippen molar-refractivity contribution < 1.29 is 14.3 Å². The van der Waals surface area contributed by atoms with Gasteiger partial charge in [-0.05, 0) is 39.0 Å². The highest BCUT2D eigenvalue weighted by Gasteiger charge is 2.43. The van der Waals surface area contributed by atoms with Crippen molar-refractivity contribution in [1.29, 1.82) is 0 Å². The van der Waals surface area contributed by atoms with Crippen molar-refractivity contribution in [3.05, 3.63) is 11.3 Å². The molecule has 15 heavy (non-hydrogen) atoms. The van der Waals surface area contributed by atoms with Gasteiger partial charge in [0.25, 0.3) is 0 Å². The Kier molecular flexibility index (Phi) is 2.98. The predicted molar refractivity (Wildman–Crippen MR) is 56.1 cm³/mol.